The highest BCUT2D eigenvalue weighted by Gasteiger charge is 2.24. The van der Waals surface area contributed by atoms with E-state index in [9.17, 15) is 9.59 Å². The van der Waals surface area contributed by atoms with E-state index in [4.69, 9.17) is 10.8 Å². The van der Waals surface area contributed by atoms with E-state index in [1.54, 1.807) is 0 Å². The lowest BCUT2D eigenvalue weighted by molar-refractivity contribution is -0.137. The number of carbonyl (C=O) groups is 2. The summed E-state index contributed by atoms with van der Waals surface area (Å²) in [6.07, 6.45) is 4.72. The van der Waals surface area contributed by atoms with Crippen molar-refractivity contribution in [1.29, 1.82) is 0 Å². The number of rotatable bonds is 8. The third-order valence-electron chi connectivity index (χ3n) is 3.50. The normalized spacial score (nSPS) is 18.6. The number of carbonyl (C=O) groups excluding carboxylic acids is 1. The number of aliphatic carboxylic acids is 1. The van der Waals surface area contributed by atoms with Crippen LogP contribution >= 0.6 is 0 Å². The molecule has 0 aromatic rings. The average Bonchev–Trinajstić information content (AvgIpc) is 2.85. The minimum Gasteiger partial charge on any atom is -0.481 e. The smallest absolute Gasteiger partial charge is 0.317 e. The van der Waals surface area contributed by atoms with Crippen LogP contribution in [0.2, 0.25) is 0 Å². The second-order valence-electron chi connectivity index (χ2n) is 5.13. The molecule has 110 valence electrons. The zero-order valence-electron chi connectivity index (χ0n) is 11.4. The van der Waals surface area contributed by atoms with Gasteiger partial charge in [-0.25, -0.2) is 4.79 Å². The molecule has 1 unspecified atom stereocenters. The van der Waals surface area contributed by atoms with Gasteiger partial charge in [-0.1, -0.05) is 12.8 Å². The first-order valence-corrected chi connectivity index (χ1v) is 7.08. The molecule has 0 bridgehead atoms. The maximum atomic E-state index is 11.8. The Hall–Kier alpha value is -1.30. The Bertz CT molecular complexity index is 297. The molecule has 1 atom stereocenters. The van der Waals surface area contributed by atoms with Crippen molar-refractivity contribution in [2.45, 2.75) is 38.5 Å². The summed E-state index contributed by atoms with van der Waals surface area (Å²) in [6.45, 7) is 2.87. The molecule has 0 aromatic carbocycles. The molecule has 6 nitrogen and oxygen atoms in total. The molecule has 0 spiro atoms. The number of carboxylic acids is 1. The molecule has 19 heavy (non-hydrogen) atoms. The van der Waals surface area contributed by atoms with Crippen LogP contribution in [-0.2, 0) is 4.79 Å². The summed E-state index contributed by atoms with van der Waals surface area (Å²) in [5.74, 6) is -0.293. The van der Waals surface area contributed by atoms with Crippen LogP contribution in [0, 0.1) is 5.92 Å². The number of hydrogen-bond acceptors (Lipinski definition) is 3. The van der Waals surface area contributed by atoms with Gasteiger partial charge >= 0.3 is 12.0 Å². The highest BCUT2D eigenvalue weighted by atomic mass is 16.4. The number of likely N-dealkylation sites (tertiary alicyclic amines) is 1. The van der Waals surface area contributed by atoms with Crippen molar-refractivity contribution in [3.05, 3.63) is 0 Å². The van der Waals surface area contributed by atoms with Gasteiger partial charge in [0.1, 0.15) is 0 Å². The molecule has 0 saturated carbocycles. The van der Waals surface area contributed by atoms with Gasteiger partial charge in [0.2, 0.25) is 0 Å². The van der Waals surface area contributed by atoms with Gasteiger partial charge in [-0.15, -0.1) is 0 Å². The summed E-state index contributed by atoms with van der Waals surface area (Å²) in [6, 6.07) is 0.00138. The zero-order valence-corrected chi connectivity index (χ0v) is 11.4. The summed E-state index contributed by atoms with van der Waals surface area (Å²) in [4.78, 5) is 23.9. The third-order valence-corrected chi connectivity index (χ3v) is 3.50. The van der Waals surface area contributed by atoms with Crippen molar-refractivity contribution in [2.24, 2.45) is 11.7 Å². The molecule has 4 N–H and O–H groups in total. The van der Waals surface area contributed by atoms with E-state index in [2.05, 4.69) is 5.32 Å². The number of nitrogens with one attached hydrogen (secondary N) is 1. The molecule has 1 aliphatic rings. The van der Waals surface area contributed by atoms with Crippen molar-refractivity contribution in [3.63, 3.8) is 0 Å². The van der Waals surface area contributed by atoms with E-state index in [-0.39, 0.29) is 12.5 Å². The summed E-state index contributed by atoms with van der Waals surface area (Å²) in [7, 11) is 0. The van der Waals surface area contributed by atoms with Crippen LogP contribution in [-0.4, -0.2) is 48.2 Å². The molecule has 6 heteroatoms. The fourth-order valence-corrected chi connectivity index (χ4v) is 2.27. The van der Waals surface area contributed by atoms with Crippen LogP contribution in [0.4, 0.5) is 4.79 Å². The van der Waals surface area contributed by atoms with E-state index in [1.807, 2.05) is 4.90 Å². The molecule has 0 aliphatic carbocycles. The molecular formula is C13H25N3O3. The monoisotopic (exact) mass is 271 g/mol. The second kappa shape index (κ2) is 8.74. The molecule has 0 aromatic heterocycles. The van der Waals surface area contributed by atoms with Crippen molar-refractivity contribution < 1.29 is 14.7 Å². The Balaban J connectivity index is 1.97. The van der Waals surface area contributed by atoms with Gasteiger partial charge in [-0.3, -0.25) is 4.79 Å². The predicted octanol–water partition coefficient (Wildman–Crippen LogP) is 1.01. The minimum atomic E-state index is -0.739. The van der Waals surface area contributed by atoms with Gasteiger partial charge in [0, 0.05) is 26.1 Å². The van der Waals surface area contributed by atoms with Gasteiger partial charge in [0.25, 0.3) is 0 Å². The van der Waals surface area contributed by atoms with Crippen molar-refractivity contribution >= 4 is 12.0 Å². The molecule has 1 rings (SSSR count). The van der Waals surface area contributed by atoms with Crippen LogP contribution in [0.1, 0.15) is 38.5 Å². The van der Waals surface area contributed by atoms with E-state index in [0.717, 1.165) is 38.8 Å². The largest absolute Gasteiger partial charge is 0.481 e. The van der Waals surface area contributed by atoms with Crippen LogP contribution in [0.5, 0.6) is 0 Å². The first-order valence-electron chi connectivity index (χ1n) is 7.08. The number of nitrogens with two attached hydrogens (primary N) is 1. The van der Waals surface area contributed by atoms with Gasteiger partial charge < -0.3 is 21.1 Å². The Morgan fingerprint density at radius 2 is 2.00 bits per heavy atom. The molecule has 0 radical (unpaired) electrons. The summed E-state index contributed by atoms with van der Waals surface area (Å²) in [5.41, 5.74) is 5.59. The van der Waals surface area contributed by atoms with Crippen LogP contribution in [0.15, 0.2) is 0 Å². The van der Waals surface area contributed by atoms with Crippen LogP contribution in [0.3, 0.4) is 0 Å². The average molecular weight is 271 g/mol. The van der Waals surface area contributed by atoms with Crippen molar-refractivity contribution in [1.82, 2.24) is 10.2 Å². The third kappa shape index (κ3) is 6.42. The Kier molecular flexibility index (Phi) is 7.25. The number of urea groups is 1. The fraction of sp³-hybridized carbons (Fsp3) is 0.846. The topological polar surface area (TPSA) is 95.7 Å². The number of nitrogens with zero attached hydrogens (tertiary/aromatic N) is 1. The summed E-state index contributed by atoms with van der Waals surface area (Å²) in [5, 5.41) is 11.4. The van der Waals surface area contributed by atoms with Crippen LogP contribution < -0.4 is 11.1 Å². The zero-order chi connectivity index (χ0) is 14.1. The van der Waals surface area contributed by atoms with E-state index >= 15 is 0 Å². The van der Waals surface area contributed by atoms with Gasteiger partial charge in [-0.05, 0) is 31.7 Å². The van der Waals surface area contributed by atoms with E-state index in [1.165, 1.54) is 0 Å². The first-order chi connectivity index (χ1) is 9.13. The minimum absolute atomic E-state index is 0.00138. The molecule has 1 saturated heterocycles. The highest BCUT2D eigenvalue weighted by Crippen LogP contribution is 2.14. The standard InChI is InChI=1S/C13H25N3O3/c14-9-11-6-8-16(10-11)13(19)15-7-4-2-1-3-5-12(17)18/h11H,1-10,14H2,(H,15,19)(H,17,18). The quantitative estimate of drug-likeness (QED) is 0.574. The lowest BCUT2D eigenvalue weighted by atomic mass is 10.1. The summed E-state index contributed by atoms with van der Waals surface area (Å²) < 4.78 is 0. The van der Waals surface area contributed by atoms with E-state index in [0.29, 0.717) is 25.4 Å². The molecule has 2 amide bonds. The number of amides is 2. The Morgan fingerprint density at radius 3 is 2.63 bits per heavy atom. The summed E-state index contributed by atoms with van der Waals surface area (Å²) >= 11 is 0. The number of unbranched alkanes of at least 4 members (excludes halogenated alkanes) is 3. The Labute approximate surface area is 114 Å². The number of carboxylic acid groups (broad SMARTS) is 1. The molecule has 1 heterocycles. The number of hydrogen-bond donors (Lipinski definition) is 3. The molecule has 1 aliphatic heterocycles. The van der Waals surface area contributed by atoms with Gasteiger partial charge in [0.05, 0.1) is 0 Å². The Morgan fingerprint density at radius 1 is 1.26 bits per heavy atom. The molecule has 1 fully saturated rings. The predicted molar refractivity (Wildman–Crippen MR) is 72.9 cm³/mol. The van der Waals surface area contributed by atoms with Gasteiger partial charge in [-0.2, -0.15) is 0 Å². The molecular weight excluding hydrogens is 246 g/mol. The van der Waals surface area contributed by atoms with E-state index < -0.39 is 5.97 Å². The maximum absolute atomic E-state index is 11.8. The van der Waals surface area contributed by atoms with Gasteiger partial charge in [0.15, 0.2) is 0 Å². The highest BCUT2D eigenvalue weighted by molar-refractivity contribution is 5.74. The fourth-order valence-electron chi connectivity index (χ4n) is 2.27. The first kappa shape index (κ1) is 15.8. The van der Waals surface area contributed by atoms with Crippen molar-refractivity contribution in [3.8, 4) is 0 Å². The van der Waals surface area contributed by atoms with Crippen LogP contribution in [0.25, 0.3) is 0 Å². The SMILES string of the molecule is NCC1CCN(C(=O)NCCCCCCC(=O)O)C1. The second-order valence-corrected chi connectivity index (χ2v) is 5.13. The maximum Gasteiger partial charge on any atom is 0.317 e. The van der Waals surface area contributed by atoms with Crippen molar-refractivity contribution in [2.75, 3.05) is 26.2 Å². The lowest BCUT2D eigenvalue weighted by Crippen LogP contribution is -2.39. The lowest BCUT2D eigenvalue weighted by Gasteiger charge is -2.17.